The van der Waals surface area contributed by atoms with Crippen molar-refractivity contribution in [3.05, 3.63) is 65.7 Å². The summed E-state index contributed by atoms with van der Waals surface area (Å²) in [6.07, 6.45) is 4.99. The van der Waals surface area contributed by atoms with Crippen LogP contribution in [0.1, 0.15) is 36.8 Å². The third-order valence-electron chi connectivity index (χ3n) is 5.78. The largest absolute Gasteiger partial charge is 0.483 e. The van der Waals surface area contributed by atoms with E-state index < -0.39 is 0 Å². The predicted molar refractivity (Wildman–Crippen MR) is 128 cm³/mol. The fourth-order valence-electron chi connectivity index (χ4n) is 4.07. The third kappa shape index (κ3) is 5.44. The third-order valence-corrected chi connectivity index (χ3v) is 5.78. The summed E-state index contributed by atoms with van der Waals surface area (Å²) >= 11 is 0. The van der Waals surface area contributed by atoms with Crippen molar-refractivity contribution in [2.24, 2.45) is 0 Å². The minimum absolute atomic E-state index is 0.0414. The SMILES string of the molecule is Cc1cccc(C)c1OCC(=O)Nc1cccc(-c2ccc(N3CCCCCC3)nn2)c1. The van der Waals surface area contributed by atoms with Gasteiger partial charge in [-0.2, -0.15) is 0 Å². The number of benzene rings is 2. The summed E-state index contributed by atoms with van der Waals surface area (Å²) < 4.78 is 5.76. The number of nitrogens with one attached hydrogen (secondary N) is 1. The van der Waals surface area contributed by atoms with Gasteiger partial charge in [-0.05, 0) is 62.1 Å². The molecule has 1 saturated heterocycles. The number of aryl methyl sites for hydroxylation is 2. The van der Waals surface area contributed by atoms with Crippen molar-refractivity contribution in [3.63, 3.8) is 0 Å². The normalized spacial score (nSPS) is 14.0. The molecule has 1 amide bonds. The molecule has 32 heavy (non-hydrogen) atoms. The Labute approximate surface area is 189 Å². The van der Waals surface area contributed by atoms with E-state index in [4.69, 9.17) is 4.74 Å². The number of amides is 1. The Morgan fingerprint density at radius 3 is 2.34 bits per heavy atom. The van der Waals surface area contributed by atoms with E-state index in [9.17, 15) is 4.79 Å². The van der Waals surface area contributed by atoms with Crippen molar-refractivity contribution < 1.29 is 9.53 Å². The fraction of sp³-hybridized carbons (Fsp3) is 0.346. The molecule has 0 aliphatic carbocycles. The van der Waals surface area contributed by atoms with Gasteiger partial charge in [0.05, 0.1) is 5.69 Å². The van der Waals surface area contributed by atoms with Crippen molar-refractivity contribution in [1.82, 2.24) is 10.2 Å². The number of ether oxygens (including phenoxy) is 1. The Morgan fingerprint density at radius 1 is 0.938 bits per heavy atom. The number of aromatic nitrogens is 2. The van der Waals surface area contributed by atoms with Crippen molar-refractivity contribution in [2.45, 2.75) is 39.5 Å². The van der Waals surface area contributed by atoms with Crippen molar-refractivity contribution in [2.75, 3.05) is 29.9 Å². The quantitative estimate of drug-likeness (QED) is 0.585. The highest BCUT2D eigenvalue weighted by Crippen LogP contribution is 2.24. The van der Waals surface area contributed by atoms with E-state index in [1.165, 1.54) is 25.7 Å². The first-order valence-corrected chi connectivity index (χ1v) is 11.3. The Balaban J connectivity index is 1.39. The van der Waals surface area contributed by atoms with Gasteiger partial charge in [0.2, 0.25) is 0 Å². The van der Waals surface area contributed by atoms with Crippen LogP contribution in [0.15, 0.2) is 54.6 Å². The highest BCUT2D eigenvalue weighted by Gasteiger charge is 2.13. The zero-order chi connectivity index (χ0) is 22.3. The molecule has 1 aliphatic heterocycles. The minimum Gasteiger partial charge on any atom is -0.483 e. The molecule has 2 heterocycles. The Kier molecular flexibility index (Phi) is 7.00. The second kappa shape index (κ2) is 10.3. The summed E-state index contributed by atoms with van der Waals surface area (Å²) in [5, 5.41) is 11.8. The van der Waals surface area contributed by atoms with Crippen LogP contribution in [0.2, 0.25) is 0 Å². The van der Waals surface area contributed by atoms with Gasteiger partial charge in [0.25, 0.3) is 5.91 Å². The maximum atomic E-state index is 12.4. The van der Waals surface area contributed by atoms with Gasteiger partial charge in [-0.15, -0.1) is 10.2 Å². The molecule has 3 aromatic rings. The first-order valence-electron chi connectivity index (χ1n) is 11.3. The van der Waals surface area contributed by atoms with Crippen LogP contribution in [-0.4, -0.2) is 35.8 Å². The molecule has 6 heteroatoms. The number of anilines is 2. The maximum Gasteiger partial charge on any atom is 0.262 e. The maximum absolute atomic E-state index is 12.4. The van der Waals surface area contributed by atoms with E-state index in [1.54, 1.807) is 0 Å². The number of carbonyl (C=O) groups is 1. The molecule has 2 aromatic carbocycles. The number of para-hydroxylation sites is 1. The lowest BCUT2D eigenvalue weighted by atomic mass is 10.1. The van der Waals surface area contributed by atoms with E-state index in [0.29, 0.717) is 5.69 Å². The highest BCUT2D eigenvalue weighted by molar-refractivity contribution is 5.92. The Bertz CT molecular complexity index is 1040. The van der Waals surface area contributed by atoms with Gasteiger partial charge in [-0.3, -0.25) is 4.79 Å². The standard InChI is InChI=1S/C26H30N4O2/c1-19-9-7-10-20(2)26(19)32-18-25(31)27-22-12-8-11-21(17-22)23-13-14-24(29-28-23)30-15-5-3-4-6-16-30/h7-14,17H,3-6,15-16,18H2,1-2H3,(H,27,31). The minimum atomic E-state index is -0.201. The molecule has 0 spiro atoms. The molecule has 1 fully saturated rings. The van der Waals surface area contributed by atoms with Crippen LogP contribution >= 0.6 is 0 Å². The molecule has 0 radical (unpaired) electrons. The molecule has 1 aliphatic rings. The molecule has 166 valence electrons. The molecule has 0 bridgehead atoms. The molecule has 1 N–H and O–H groups in total. The van der Waals surface area contributed by atoms with Crippen LogP contribution in [0.4, 0.5) is 11.5 Å². The van der Waals surface area contributed by atoms with Crippen LogP contribution in [0.3, 0.4) is 0 Å². The van der Waals surface area contributed by atoms with Gasteiger partial charge in [0, 0.05) is 24.3 Å². The zero-order valence-electron chi connectivity index (χ0n) is 18.8. The molecule has 1 aromatic heterocycles. The van der Waals surface area contributed by atoms with Gasteiger partial charge in [-0.25, -0.2) is 0 Å². The number of hydrogen-bond donors (Lipinski definition) is 1. The summed E-state index contributed by atoms with van der Waals surface area (Å²) in [4.78, 5) is 14.8. The Hall–Kier alpha value is -3.41. The lowest BCUT2D eigenvalue weighted by molar-refractivity contribution is -0.118. The molecule has 0 atom stereocenters. The monoisotopic (exact) mass is 430 g/mol. The second-order valence-corrected chi connectivity index (χ2v) is 8.32. The highest BCUT2D eigenvalue weighted by atomic mass is 16.5. The lowest BCUT2D eigenvalue weighted by Gasteiger charge is -2.20. The zero-order valence-corrected chi connectivity index (χ0v) is 18.8. The molecule has 6 nitrogen and oxygen atoms in total. The van der Waals surface area contributed by atoms with Gasteiger partial charge in [-0.1, -0.05) is 43.2 Å². The van der Waals surface area contributed by atoms with Gasteiger partial charge < -0.3 is 15.0 Å². The summed E-state index contributed by atoms with van der Waals surface area (Å²) in [5.41, 5.74) is 4.43. The van der Waals surface area contributed by atoms with E-state index in [-0.39, 0.29) is 12.5 Å². The number of carbonyl (C=O) groups excluding carboxylic acids is 1. The molecular formula is C26H30N4O2. The lowest BCUT2D eigenvalue weighted by Crippen LogP contribution is -2.25. The first-order chi connectivity index (χ1) is 15.6. The average Bonchev–Trinajstić information content (AvgIpc) is 3.09. The van der Waals surface area contributed by atoms with E-state index in [1.807, 2.05) is 68.4 Å². The second-order valence-electron chi connectivity index (χ2n) is 8.32. The Morgan fingerprint density at radius 2 is 1.66 bits per heavy atom. The van der Waals surface area contributed by atoms with Gasteiger partial charge in [0.15, 0.2) is 12.4 Å². The van der Waals surface area contributed by atoms with Crippen molar-refractivity contribution >= 4 is 17.4 Å². The predicted octanol–water partition coefficient (Wildman–Crippen LogP) is 5.16. The number of hydrogen-bond acceptors (Lipinski definition) is 5. The van der Waals surface area contributed by atoms with Crippen LogP contribution in [0, 0.1) is 13.8 Å². The van der Waals surface area contributed by atoms with Crippen LogP contribution < -0.4 is 15.0 Å². The van der Waals surface area contributed by atoms with Crippen LogP contribution in [-0.2, 0) is 4.79 Å². The fourth-order valence-corrected chi connectivity index (χ4v) is 4.07. The summed E-state index contributed by atoms with van der Waals surface area (Å²) in [6, 6.07) is 17.6. The molecule has 0 saturated carbocycles. The van der Waals surface area contributed by atoms with Crippen LogP contribution in [0.25, 0.3) is 11.3 Å². The molecular weight excluding hydrogens is 400 g/mol. The van der Waals surface area contributed by atoms with E-state index >= 15 is 0 Å². The van der Waals surface area contributed by atoms with E-state index in [0.717, 1.165) is 47.0 Å². The topological polar surface area (TPSA) is 67.3 Å². The van der Waals surface area contributed by atoms with Gasteiger partial charge in [0.1, 0.15) is 5.75 Å². The van der Waals surface area contributed by atoms with Crippen molar-refractivity contribution in [1.29, 1.82) is 0 Å². The first kappa shape index (κ1) is 21.8. The summed E-state index contributed by atoms with van der Waals surface area (Å²) in [6.45, 7) is 5.99. The molecule has 0 unspecified atom stereocenters. The molecule has 4 rings (SSSR count). The number of rotatable bonds is 6. The number of nitrogens with zero attached hydrogens (tertiary/aromatic N) is 3. The van der Waals surface area contributed by atoms with E-state index in [2.05, 4.69) is 20.4 Å². The van der Waals surface area contributed by atoms with Gasteiger partial charge >= 0.3 is 0 Å². The van der Waals surface area contributed by atoms with Crippen LogP contribution in [0.5, 0.6) is 5.75 Å². The average molecular weight is 431 g/mol. The smallest absolute Gasteiger partial charge is 0.262 e. The van der Waals surface area contributed by atoms with Crippen molar-refractivity contribution in [3.8, 4) is 17.0 Å². The summed E-state index contributed by atoms with van der Waals surface area (Å²) in [5.74, 6) is 1.49. The summed E-state index contributed by atoms with van der Waals surface area (Å²) in [7, 11) is 0.